The zero-order chi connectivity index (χ0) is 17.2. The summed E-state index contributed by atoms with van der Waals surface area (Å²) in [7, 11) is 3.58. The average molecular weight is 326 g/mol. The number of aromatic nitrogens is 1. The molecule has 1 saturated carbocycles. The molecule has 0 bridgehead atoms. The number of benzene rings is 1. The minimum Gasteiger partial charge on any atom is -0.381 e. The van der Waals surface area contributed by atoms with Gasteiger partial charge in [-0.2, -0.15) is 0 Å². The summed E-state index contributed by atoms with van der Waals surface area (Å²) >= 11 is 0. The third kappa shape index (κ3) is 3.08. The van der Waals surface area contributed by atoms with Crippen molar-refractivity contribution in [1.29, 1.82) is 0 Å². The minimum absolute atomic E-state index is 0.101. The Kier molecular flexibility index (Phi) is 4.71. The molecule has 5 heteroatoms. The molecule has 1 heterocycles. The van der Waals surface area contributed by atoms with Gasteiger partial charge in [-0.25, -0.2) is 0 Å². The number of nitrogens with one attached hydrogen (secondary N) is 2. The molecule has 2 aromatic rings. The number of rotatable bonds is 4. The summed E-state index contributed by atoms with van der Waals surface area (Å²) in [6.07, 6.45) is 3.15. The maximum absolute atomic E-state index is 5.51. The van der Waals surface area contributed by atoms with Gasteiger partial charge in [0.15, 0.2) is 5.96 Å². The van der Waals surface area contributed by atoms with E-state index in [1.54, 1.807) is 14.2 Å². The van der Waals surface area contributed by atoms with Crippen LogP contribution in [0.3, 0.4) is 0 Å². The van der Waals surface area contributed by atoms with E-state index in [0.29, 0.717) is 18.7 Å². The second-order valence-corrected chi connectivity index (χ2v) is 6.88. The van der Waals surface area contributed by atoms with Gasteiger partial charge in [-0.1, -0.05) is 38.1 Å². The zero-order valence-electron chi connectivity index (χ0n) is 14.8. The van der Waals surface area contributed by atoms with Gasteiger partial charge in [0.2, 0.25) is 0 Å². The number of hydrogen-bond donors (Lipinski definition) is 2. The van der Waals surface area contributed by atoms with Crippen LogP contribution < -0.4 is 10.6 Å². The lowest BCUT2D eigenvalue weighted by atomic mass is 9.64. The van der Waals surface area contributed by atoms with E-state index in [0.717, 1.165) is 18.1 Å². The number of aliphatic imine (C=N–C) groups is 1. The Hall–Kier alpha value is -2.14. The van der Waals surface area contributed by atoms with Crippen molar-refractivity contribution in [3.8, 4) is 0 Å². The third-order valence-corrected chi connectivity index (χ3v) is 5.18. The summed E-state index contributed by atoms with van der Waals surface area (Å²) in [4.78, 5) is 8.86. The van der Waals surface area contributed by atoms with Crippen LogP contribution in [0.4, 0.5) is 0 Å². The Morgan fingerprint density at radius 3 is 2.83 bits per heavy atom. The highest BCUT2D eigenvalue weighted by atomic mass is 16.5. The monoisotopic (exact) mass is 326 g/mol. The van der Waals surface area contributed by atoms with Crippen LogP contribution >= 0.6 is 0 Å². The van der Waals surface area contributed by atoms with Crippen molar-refractivity contribution in [3.63, 3.8) is 0 Å². The van der Waals surface area contributed by atoms with Gasteiger partial charge in [-0.05, 0) is 17.9 Å². The first-order valence-electron chi connectivity index (χ1n) is 8.39. The standard InChI is InChI=1S/C19H26N4O/c1-19(2)16(11-17(19)24-4)23-18(20-3)22-12-15-14-8-6-5-7-13(14)9-10-21-15/h5-10,16-17H,11-12H2,1-4H3,(H2,20,22,23). The zero-order valence-corrected chi connectivity index (χ0v) is 14.8. The number of ether oxygens (including phenoxy) is 1. The molecule has 0 radical (unpaired) electrons. The number of guanidine groups is 1. The van der Waals surface area contributed by atoms with Crippen molar-refractivity contribution < 1.29 is 4.74 Å². The minimum atomic E-state index is 0.101. The van der Waals surface area contributed by atoms with Crippen LogP contribution in [-0.4, -0.2) is 37.2 Å². The first kappa shape index (κ1) is 16.7. The number of hydrogen-bond acceptors (Lipinski definition) is 3. The first-order chi connectivity index (χ1) is 11.6. The van der Waals surface area contributed by atoms with E-state index in [-0.39, 0.29) is 5.41 Å². The van der Waals surface area contributed by atoms with Crippen LogP contribution in [0.2, 0.25) is 0 Å². The maximum atomic E-state index is 5.51. The molecule has 24 heavy (non-hydrogen) atoms. The van der Waals surface area contributed by atoms with Crippen LogP contribution in [-0.2, 0) is 11.3 Å². The van der Waals surface area contributed by atoms with Gasteiger partial charge in [0.05, 0.1) is 18.3 Å². The van der Waals surface area contributed by atoms with Gasteiger partial charge in [0, 0.05) is 37.2 Å². The molecule has 2 atom stereocenters. The average Bonchev–Trinajstić information content (AvgIpc) is 2.60. The smallest absolute Gasteiger partial charge is 0.191 e. The Morgan fingerprint density at radius 2 is 2.12 bits per heavy atom. The Labute approximate surface area is 143 Å². The van der Waals surface area contributed by atoms with Gasteiger partial charge < -0.3 is 15.4 Å². The number of methoxy groups -OCH3 is 1. The molecular weight excluding hydrogens is 300 g/mol. The fourth-order valence-electron chi connectivity index (χ4n) is 3.38. The van der Waals surface area contributed by atoms with Crippen molar-refractivity contribution in [1.82, 2.24) is 15.6 Å². The molecule has 5 nitrogen and oxygen atoms in total. The topological polar surface area (TPSA) is 58.5 Å². The molecule has 1 aromatic heterocycles. The normalized spacial score (nSPS) is 22.9. The largest absolute Gasteiger partial charge is 0.381 e. The lowest BCUT2D eigenvalue weighted by molar-refractivity contribution is -0.0922. The van der Waals surface area contributed by atoms with Crippen LogP contribution in [0.5, 0.6) is 0 Å². The van der Waals surface area contributed by atoms with Crippen LogP contribution in [0, 0.1) is 5.41 Å². The second-order valence-electron chi connectivity index (χ2n) is 6.88. The molecule has 1 aliphatic rings. The van der Waals surface area contributed by atoms with Crippen molar-refractivity contribution >= 4 is 16.7 Å². The summed E-state index contributed by atoms with van der Waals surface area (Å²) in [5.41, 5.74) is 1.13. The Bertz CT molecular complexity index is 736. The van der Waals surface area contributed by atoms with E-state index in [1.165, 1.54) is 10.8 Å². The maximum Gasteiger partial charge on any atom is 0.191 e. The third-order valence-electron chi connectivity index (χ3n) is 5.18. The quantitative estimate of drug-likeness (QED) is 0.670. The summed E-state index contributed by atoms with van der Waals surface area (Å²) in [6.45, 7) is 5.09. The van der Waals surface area contributed by atoms with E-state index in [4.69, 9.17) is 4.74 Å². The lowest BCUT2D eigenvalue weighted by Crippen LogP contribution is -2.63. The second kappa shape index (κ2) is 6.77. The summed E-state index contributed by atoms with van der Waals surface area (Å²) in [5, 5.41) is 9.27. The fourth-order valence-corrected chi connectivity index (χ4v) is 3.38. The van der Waals surface area contributed by atoms with Crippen molar-refractivity contribution in [2.75, 3.05) is 14.2 Å². The lowest BCUT2D eigenvalue weighted by Gasteiger charge is -2.51. The number of nitrogens with zero attached hydrogens (tertiary/aromatic N) is 2. The number of fused-ring (bicyclic) bond motifs is 1. The SMILES string of the molecule is CN=C(NCc1nccc2ccccc12)NC1CC(OC)C1(C)C. The van der Waals surface area contributed by atoms with Crippen LogP contribution in [0.15, 0.2) is 41.5 Å². The molecule has 3 rings (SSSR count). The van der Waals surface area contributed by atoms with Gasteiger partial charge >= 0.3 is 0 Å². The summed E-state index contributed by atoms with van der Waals surface area (Å²) < 4.78 is 5.51. The molecule has 1 aliphatic carbocycles. The van der Waals surface area contributed by atoms with E-state index < -0.39 is 0 Å². The van der Waals surface area contributed by atoms with Gasteiger partial charge in [0.25, 0.3) is 0 Å². The molecule has 128 valence electrons. The van der Waals surface area contributed by atoms with E-state index in [9.17, 15) is 0 Å². The highest BCUT2D eigenvalue weighted by Crippen LogP contribution is 2.42. The molecule has 2 unspecified atom stereocenters. The molecule has 2 N–H and O–H groups in total. The molecule has 0 spiro atoms. The summed E-state index contributed by atoms with van der Waals surface area (Å²) in [5.74, 6) is 0.803. The van der Waals surface area contributed by atoms with Crippen molar-refractivity contribution in [3.05, 3.63) is 42.2 Å². The Balaban J connectivity index is 1.65. The van der Waals surface area contributed by atoms with Gasteiger partial charge in [-0.3, -0.25) is 9.98 Å². The molecular formula is C19H26N4O. The molecule has 1 fully saturated rings. The molecule has 0 saturated heterocycles. The van der Waals surface area contributed by atoms with Crippen molar-refractivity contribution in [2.45, 2.75) is 39.0 Å². The van der Waals surface area contributed by atoms with Gasteiger partial charge in [-0.15, -0.1) is 0 Å². The van der Waals surface area contributed by atoms with Gasteiger partial charge in [0.1, 0.15) is 0 Å². The number of pyridine rings is 1. The predicted molar refractivity (Wildman–Crippen MR) is 98.1 cm³/mol. The van der Waals surface area contributed by atoms with E-state index >= 15 is 0 Å². The van der Waals surface area contributed by atoms with Crippen LogP contribution in [0.1, 0.15) is 26.0 Å². The van der Waals surface area contributed by atoms with E-state index in [2.05, 4.69) is 46.6 Å². The highest BCUT2D eigenvalue weighted by molar-refractivity contribution is 5.85. The van der Waals surface area contributed by atoms with Crippen LogP contribution in [0.25, 0.3) is 10.8 Å². The first-order valence-corrected chi connectivity index (χ1v) is 8.39. The fraction of sp³-hybridized carbons (Fsp3) is 0.474. The highest BCUT2D eigenvalue weighted by Gasteiger charge is 2.48. The van der Waals surface area contributed by atoms with E-state index in [1.807, 2.05) is 24.4 Å². The molecule has 1 aromatic carbocycles. The molecule has 0 aliphatic heterocycles. The molecule has 0 amide bonds. The predicted octanol–water partition coefficient (Wildman–Crippen LogP) is 2.71. The Morgan fingerprint density at radius 1 is 1.33 bits per heavy atom. The van der Waals surface area contributed by atoms with Crippen molar-refractivity contribution in [2.24, 2.45) is 10.4 Å². The summed E-state index contributed by atoms with van der Waals surface area (Å²) in [6, 6.07) is 10.7.